The SMILES string of the molecule is CO[S+](=O)(Nc1c(C)nn(C)c1C)c1sc(NC(C)=O)cc1C. The van der Waals surface area contributed by atoms with Crippen LogP contribution in [0.3, 0.4) is 0 Å². The van der Waals surface area contributed by atoms with Crippen molar-refractivity contribution >= 4 is 38.3 Å². The number of anilines is 2. The predicted octanol–water partition coefficient (Wildman–Crippen LogP) is 2.81. The molecular weight excluding hydrogens is 336 g/mol. The summed E-state index contributed by atoms with van der Waals surface area (Å²) in [5, 5.41) is 7.65. The Kier molecular flexibility index (Phi) is 4.92. The Hall–Kier alpha value is -1.71. The second kappa shape index (κ2) is 6.42. The molecule has 0 saturated heterocycles. The molecule has 0 fully saturated rings. The first-order valence-electron chi connectivity index (χ1n) is 6.93. The third kappa shape index (κ3) is 3.46. The van der Waals surface area contributed by atoms with Crippen LogP contribution in [0.25, 0.3) is 0 Å². The van der Waals surface area contributed by atoms with E-state index >= 15 is 0 Å². The van der Waals surface area contributed by atoms with Crippen molar-refractivity contribution in [3.05, 3.63) is 23.0 Å². The van der Waals surface area contributed by atoms with E-state index in [0.717, 1.165) is 17.0 Å². The number of amides is 1. The fourth-order valence-corrected chi connectivity index (χ4v) is 5.45. The summed E-state index contributed by atoms with van der Waals surface area (Å²) < 4.78 is 23.9. The van der Waals surface area contributed by atoms with E-state index in [1.165, 1.54) is 25.4 Å². The van der Waals surface area contributed by atoms with E-state index < -0.39 is 10.4 Å². The number of nitrogens with one attached hydrogen (secondary N) is 2. The summed E-state index contributed by atoms with van der Waals surface area (Å²) in [6, 6.07) is 1.78. The molecule has 0 aromatic carbocycles. The van der Waals surface area contributed by atoms with Gasteiger partial charge in [-0.25, -0.2) is 0 Å². The first kappa shape index (κ1) is 17.6. The maximum Gasteiger partial charge on any atom is 0.359 e. The lowest BCUT2D eigenvalue weighted by atomic mass is 10.3. The van der Waals surface area contributed by atoms with Crippen LogP contribution in [0.4, 0.5) is 10.7 Å². The number of rotatable bonds is 5. The van der Waals surface area contributed by atoms with Crippen molar-refractivity contribution in [2.24, 2.45) is 7.05 Å². The quantitative estimate of drug-likeness (QED) is 0.806. The molecule has 1 amide bonds. The Bertz CT molecular complexity index is 794. The van der Waals surface area contributed by atoms with Crippen LogP contribution in [0.2, 0.25) is 0 Å². The number of nitrogens with zero attached hydrogens (tertiary/aromatic N) is 2. The first-order chi connectivity index (χ1) is 10.7. The van der Waals surface area contributed by atoms with E-state index in [1.54, 1.807) is 10.7 Å². The fourth-order valence-electron chi connectivity index (χ4n) is 2.19. The van der Waals surface area contributed by atoms with Gasteiger partial charge in [0.25, 0.3) is 4.21 Å². The van der Waals surface area contributed by atoms with Crippen LogP contribution in [0.5, 0.6) is 0 Å². The minimum Gasteiger partial charge on any atom is -0.318 e. The molecule has 0 spiro atoms. The van der Waals surface area contributed by atoms with E-state index in [-0.39, 0.29) is 5.91 Å². The summed E-state index contributed by atoms with van der Waals surface area (Å²) >= 11 is 1.24. The number of carbonyl (C=O) groups excluding carboxylic acids is 1. The van der Waals surface area contributed by atoms with Gasteiger partial charge in [-0.3, -0.25) is 9.48 Å². The van der Waals surface area contributed by atoms with E-state index in [0.29, 0.717) is 14.9 Å². The Labute approximate surface area is 140 Å². The number of hydrogen-bond donors (Lipinski definition) is 2. The van der Waals surface area contributed by atoms with Crippen molar-refractivity contribution in [1.29, 1.82) is 0 Å². The maximum absolute atomic E-state index is 13.3. The van der Waals surface area contributed by atoms with Crippen molar-refractivity contribution in [2.45, 2.75) is 31.9 Å². The monoisotopic (exact) mass is 357 g/mol. The number of aromatic nitrogens is 2. The number of hydrogen-bond acceptors (Lipinski definition) is 5. The molecule has 1 unspecified atom stereocenters. The van der Waals surface area contributed by atoms with Gasteiger partial charge in [0.2, 0.25) is 5.91 Å². The molecule has 2 N–H and O–H groups in total. The van der Waals surface area contributed by atoms with E-state index in [4.69, 9.17) is 4.18 Å². The van der Waals surface area contributed by atoms with Gasteiger partial charge in [0, 0.05) is 19.5 Å². The van der Waals surface area contributed by atoms with Crippen LogP contribution < -0.4 is 10.0 Å². The molecule has 2 rings (SSSR count). The molecule has 0 aliphatic carbocycles. The van der Waals surface area contributed by atoms with Crippen LogP contribution in [0.15, 0.2) is 10.3 Å². The average Bonchev–Trinajstić information content (AvgIpc) is 2.93. The lowest BCUT2D eigenvalue weighted by Gasteiger charge is -2.09. The highest BCUT2D eigenvalue weighted by Gasteiger charge is 2.39. The molecule has 23 heavy (non-hydrogen) atoms. The smallest absolute Gasteiger partial charge is 0.318 e. The summed E-state index contributed by atoms with van der Waals surface area (Å²) in [5.74, 6) is -0.173. The third-order valence-corrected chi connectivity index (χ3v) is 7.00. The van der Waals surface area contributed by atoms with Gasteiger partial charge in [-0.05, 0) is 31.0 Å². The molecule has 2 heterocycles. The molecule has 2 aromatic heterocycles. The molecule has 2 aromatic rings. The zero-order valence-corrected chi connectivity index (χ0v) is 15.6. The summed E-state index contributed by atoms with van der Waals surface area (Å²) in [6.07, 6.45) is 0. The van der Waals surface area contributed by atoms with Crippen LogP contribution >= 0.6 is 11.3 Å². The zero-order valence-electron chi connectivity index (χ0n) is 14.0. The van der Waals surface area contributed by atoms with Crippen LogP contribution in [-0.2, 0) is 30.6 Å². The second-order valence-electron chi connectivity index (χ2n) is 5.20. The Morgan fingerprint density at radius 3 is 2.52 bits per heavy atom. The largest absolute Gasteiger partial charge is 0.359 e. The average molecular weight is 357 g/mol. The zero-order chi connectivity index (χ0) is 17.4. The molecule has 0 saturated carbocycles. The maximum atomic E-state index is 13.3. The lowest BCUT2D eigenvalue weighted by molar-refractivity contribution is -0.114. The molecule has 0 aliphatic heterocycles. The summed E-state index contributed by atoms with van der Waals surface area (Å²) in [4.78, 5) is 11.2. The molecule has 7 nitrogen and oxygen atoms in total. The number of carbonyl (C=O) groups is 1. The minimum absolute atomic E-state index is 0.173. The molecule has 9 heteroatoms. The normalized spacial score (nSPS) is 13.7. The topological polar surface area (TPSA) is 85.2 Å². The number of thiophene rings is 1. The Morgan fingerprint density at radius 2 is 2.04 bits per heavy atom. The van der Waals surface area contributed by atoms with Gasteiger partial charge in [-0.15, -0.1) is 4.18 Å². The minimum atomic E-state index is -2.97. The van der Waals surface area contributed by atoms with Crippen LogP contribution in [-0.4, -0.2) is 22.8 Å². The Balaban J connectivity index is 2.43. The van der Waals surface area contributed by atoms with Crippen LogP contribution in [0, 0.1) is 20.8 Å². The van der Waals surface area contributed by atoms with Crippen molar-refractivity contribution < 1.29 is 13.2 Å². The summed E-state index contributed by atoms with van der Waals surface area (Å²) in [6.45, 7) is 7.00. The summed E-state index contributed by atoms with van der Waals surface area (Å²) in [7, 11) is 0.251. The summed E-state index contributed by atoms with van der Waals surface area (Å²) in [5.41, 5.74) is 3.08. The standard InChI is InChI=1S/C14H20N4O3S2/c1-8-7-12(15-11(4)19)22-14(8)23(20,21-6)17-13-9(2)16-18(5)10(13)3/h7H,1-6H3,(H-,15,17,19,20)/p+1. The molecule has 0 radical (unpaired) electrons. The highest BCUT2D eigenvalue weighted by atomic mass is 32.3. The van der Waals surface area contributed by atoms with Gasteiger partial charge in [0.05, 0.1) is 18.5 Å². The van der Waals surface area contributed by atoms with Crippen molar-refractivity contribution in [1.82, 2.24) is 9.78 Å². The molecule has 0 aliphatic rings. The van der Waals surface area contributed by atoms with Gasteiger partial charge in [-0.2, -0.15) is 9.82 Å². The van der Waals surface area contributed by atoms with Crippen molar-refractivity contribution in [2.75, 3.05) is 17.1 Å². The van der Waals surface area contributed by atoms with E-state index in [9.17, 15) is 9.00 Å². The first-order valence-corrected chi connectivity index (χ1v) is 9.23. The van der Waals surface area contributed by atoms with Crippen molar-refractivity contribution in [3.63, 3.8) is 0 Å². The van der Waals surface area contributed by atoms with Gasteiger partial charge < -0.3 is 5.32 Å². The van der Waals surface area contributed by atoms with Crippen molar-refractivity contribution in [3.8, 4) is 0 Å². The third-order valence-electron chi connectivity index (χ3n) is 3.40. The van der Waals surface area contributed by atoms with Gasteiger partial charge in [0.15, 0.2) is 0 Å². The second-order valence-corrected chi connectivity index (χ2v) is 8.47. The predicted molar refractivity (Wildman–Crippen MR) is 93.0 cm³/mol. The lowest BCUT2D eigenvalue weighted by Crippen LogP contribution is -2.23. The molecule has 1 atom stereocenters. The highest BCUT2D eigenvalue weighted by Crippen LogP contribution is 2.37. The molecular formula is C14H21N4O3S2+. The Morgan fingerprint density at radius 1 is 1.39 bits per heavy atom. The van der Waals surface area contributed by atoms with Gasteiger partial charge in [0.1, 0.15) is 10.7 Å². The van der Waals surface area contributed by atoms with Gasteiger partial charge >= 0.3 is 10.4 Å². The van der Waals surface area contributed by atoms with Crippen LogP contribution in [0.1, 0.15) is 23.9 Å². The molecule has 126 valence electrons. The number of aryl methyl sites for hydroxylation is 3. The van der Waals surface area contributed by atoms with Gasteiger partial charge in [-0.1, -0.05) is 11.3 Å². The van der Waals surface area contributed by atoms with E-state index in [2.05, 4.69) is 15.1 Å². The fraction of sp³-hybridized carbons (Fsp3) is 0.429. The van der Waals surface area contributed by atoms with E-state index in [1.807, 2.05) is 27.8 Å². The highest BCUT2D eigenvalue weighted by molar-refractivity contribution is 8.01. The molecule has 0 bridgehead atoms.